The first-order chi connectivity index (χ1) is 12.4. The molecule has 0 aliphatic carbocycles. The number of hydrogen-bond donors (Lipinski definition) is 1. The molecule has 0 aliphatic rings. The second-order valence-corrected chi connectivity index (χ2v) is 6.47. The van der Waals surface area contributed by atoms with E-state index in [2.05, 4.69) is 5.32 Å². The summed E-state index contributed by atoms with van der Waals surface area (Å²) in [5.41, 5.74) is 3.12. The second kappa shape index (κ2) is 9.25. The van der Waals surface area contributed by atoms with Crippen LogP contribution in [0.5, 0.6) is 5.75 Å². The number of anilines is 1. The summed E-state index contributed by atoms with van der Waals surface area (Å²) in [6.45, 7) is 6.19. The Bertz CT molecular complexity index is 775. The lowest BCUT2D eigenvalue weighted by atomic mass is 10.1. The number of nitrogens with one attached hydrogen (secondary N) is 1. The lowest BCUT2D eigenvalue weighted by Crippen LogP contribution is -2.39. The fourth-order valence-electron chi connectivity index (χ4n) is 2.40. The standard InChI is InChI=1S/C20H23ClN2O3/c1-14-4-7-18(12-15(14)2)23(16(3)24)11-10-22-20(25)13-26-19-8-5-17(21)6-9-19/h4-9,12H,10-11,13H2,1-3H3,(H,22,25). The van der Waals surface area contributed by atoms with Gasteiger partial charge in [0.1, 0.15) is 5.75 Å². The predicted octanol–water partition coefficient (Wildman–Crippen LogP) is 3.50. The molecule has 0 bridgehead atoms. The number of rotatable bonds is 7. The average molecular weight is 375 g/mol. The van der Waals surface area contributed by atoms with Gasteiger partial charge in [-0.15, -0.1) is 0 Å². The Hall–Kier alpha value is -2.53. The number of benzene rings is 2. The van der Waals surface area contributed by atoms with Crippen LogP contribution < -0.4 is 15.0 Å². The minimum Gasteiger partial charge on any atom is -0.484 e. The van der Waals surface area contributed by atoms with E-state index in [0.717, 1.165) is 11.3 Å². The molecule has 0 aliphatic heterocycles. The lowest BCUT2D eigenvalue weighted by molar-refractivity contribution is -0.123. The molecule has 0 heterocycles. The van der Waals surface area contributed by atoms with Gasteiger partial charge < -0.3 is 15.0 Å². The summed E-state index contributed by atoms with van der Waals surface area (Å²) < 4.78 is 5.39. The molecule has 0 fully saturated rings. The highest BCUT2D eigenvalue weighted by atomic mass is 35.5. The molecule has 0 radical (unpaired) electrons. The van der Waals surface area contributed by atoms with Crippen LogP contribution in [-0.2, 0) is 9.59 Å². The number of halogens is 1. The van der Waals surface area contributed by atoms with E-state index in [1.165, 1.54) is 12.5 Å². The van der Waals surface area contributed by atoms with Gasteiger partial charge in [-0.05, 0) is 61.4 Å². The van der Waals surface area contributed by atoms with Crippen molar-refractivity contribution in [2.24, 2.45) is 0 Å². The van der Waals surface area contributed by atoms with Crippen LogP contribution >= 0.6 is 11.6 Å². The van der Waals surface area contributed by atoms with Crippen molar-refractivity contribution >= 4 is 29.1 Å². The van der Waals surface area contributed by atoms with Crippen molar-refractivity contribution in [3.8, 4) is 5.75 Å². The van der Waals surface area contributed by atoms with Crippen molar-refractivity contribution in [2.75, 3.05) is 24.6 Å². The third kappa shape index (κ3) is 5.77. The zero-order valence-electron chi connectivity index (χ0n) is 15.2. The van der Waals surface area contributed by atoms with E-state index in [0.29, 0.717) is 23.9 Å². The molecule has 5 nitrogen and oxygen atoms in total. The van der Waals surface area contributed by atoms with Crippen molar-refractivity contribution in [3.05, 3.63) is 58.6 Å². The molecule has 0 saturated carbocycles. The summed E-state index contributed by atoms with van der Waals surface area (Å²) in [4.78, 5) is 25.5. The van der Waals surface area contributed by atoms with Crippen molar-refractivity contribution < 1.29 is 14.3 Å². The van der Waals surface area contributed by atoms with Crippen LogP contribution in [0.25, 0.3) is 0 Å². The lowest BCUT2D eigenvalue weighted by Gasteiger charge is -2.22. The maximum Gasteiger partial charge on any atom is 0.258 e. The molecule has 2 amide bonds. The van der Waals surface area contributed by atoms with Gasteiger partial charge in [0.05, 0.1) is 0 Å². The summed E-state index contributed by atoms with van der Waals surface area (Å²) in [6, 6.07) is 12.7. The van der Waals surface area contributed by atoms with Crippen LogP contribution in [0.4, 0.5) is 5.69 Å². The number of hydrogen-bond acceptors (Lipinski definition) is 3. The molecule has 2 aromatic carbocycles. The summed E-state index contributed by atoms with van der Waals surface area (Å²) in [5, 5.41) is 3.37. The number of carbonyl (C=O) groups excluding carboxylic acids is 2. The smallest absolute Gasteiger partial charge is 0.258 e. The third-order valence-electron chi connectivity index (χ3n) is 4.02. The van der Waals surface area contributed by atoms with Gasteiger partial charge in [-0.25, -0.2) is 0 Å². The molecular weight excluding hydrogens is 352 g/mol. The molecule has 0 aromatic heterocycles. The van der Waals surface area contributed by atoms with Crippen molar-refractivity contribution in [2.45, 2.75) is 20.8 Å². The van der Waals surface area contributed by atoms with Gasteiger partial charge >= 0.3 is 0 Å². The molecule has 138 valence electrons. The van der Waals surface area contributed by atoms with Gasteiger partial charge in [0.15, 0.2) is 6.61 Å². The molecule has 6 heteroatoms. The first-order valence-corrected chi connectivity index (χ1v) is 8.75. The highest BCUT2D eigenvalue weighted by Gasteiger charge is 2.12. The molecule has 0 saturated heterocycles. The number of nitrogens with zero attached hydrogens (tertiary/aromatic N) is 1. The topological polar surface area (TPSA) is 58.6 Å². The Labute approximate surface area is 158 Å². The normalized spacial score (nSPS) is 10.3. The summed E-state index contributed by atoms with van der Waals surface area (Å²) in [5.74, 6) is 0.258. The highest BCUT2D eigenvalue weighted by molar-refractivity contribution is 6.30. The van der Waals surface area contributed by atoms with Crippen LogP contribution in [0.1, 0.15) is 18.1 Å². The fourth-order valence-corrected chi connectivity index (χ4v) is 2.53. The summed E-state index contributed by atoms with van der Waals surface area (Å²) in [7, 11) is 0. The Balaban J connectivity index is 1.83. The molecule has 1 N–H and O–H groups in total. The van der Waals surface area contributed by atoms with Crippen LogP contribution in [0.2, 0.25) is 5.02 Å². The van der Waals surface area contributed by atoms with Crippen LogP contribution in [0, 0.1) is 13.8 Å². The summed E-state index contributed by atoms with van der Waals surface area (Å²) in [6.07, 6.45) is 0. The average Bonchev–Trinajstić information content (AvgIpc) is 2.60. The molecular formula is C20H23ClN2O3. The first-order valence-electron chi connectivity index (χ1n) is 8.37. The Morgan fingerprint density at radius 1 is 1.08 bits per heavy atom. The molecule has 0 atom stereocenters. The molecule has 2 aromatic rings. The number of aryl methyl sites for hydroxylation is 2. The third-order valence-corrected chi connectivity index (χ3v) is 4.28. The predicted molar refractivity (Wildman–Crippen MR) is 104 cm³/mol. The minimum atomic E-state index is -0.247. The van der Waals surface area contributed by atoms with E-state index in [-0.39, 0.29) is 18.4 Å². The number of ether oxygens (including phenoxy) is 1. The molecule has 2 rings (SSSR count). The van der Waals surface area contributed by atoms with Crippen LogP contribution in [0.3, 0.4) is 0 Å². The Morgan fingerprint density at radius 2 is 1.77 bits per heavy atom. The minimum absolute atomic E-state index is 0.0695. The van der Waals surface area contributed by atoms with E-state index in [4.69, 9.17) is 16.3 Å². The van der Waals surface area contributed by atoms with Gasteiger partial charge in [-0.1, -0.05) is 17.7 Å². The van der Waals surface area contributed by atoms with Crippen LogP contribution in [0.15, 0.2) is 42.5 Å². The maximum absolute atomic E-state index is 11.9. The largest absolute Gasteiger partial charge is 0.484 e. The van der Waals surface area contributed by atoms with Crippen molar-refractivity contribution in [1.29, 1.82) is 0 Å². The van der Waals surface area contributed by atoms with Crippen molar-refractivity contribution in [3.63, 3.8) is 0 Å². The van der Waals surface area contributed by atoms with Gasteiger partial charge in [-0.2, -0.15) is 0 Å². The number of amides is 2. The zero-order valence-corrected chi connectivity index (χ0v) is 16.0. The fraction of sp³-hybridized carbons (Fsp3) is 0.300. The zero-order chi connectivity index (χ0) is 19.1. The quantitative estimate of drug-likeness (QED) is 0.806. The molecule has 0 spiro atoms. The van der Waals surface area contributed by atoms with Gasteiger partial charge in [0.25, 0.3) is 5.91 Å². The Morgan fingerprint density at radius 3 is 2.38 bits per heavy atom. The van der Waals surface area contributed by atoms with Gasteiger partial charge in [0.2, 0.25) is 5.91 Å². The van der Waals surface area contributed by atoms with E-state index in [1.807, 2.05) is 32.0 Å². The van der Waals surface area contributed by atoms with E-state index < -0.39 is 0 Å². The van der Waals surface area contributed by atoms with E-state index in [1.54, 1.807) is 29.2 Å². The first kappa shape index (κ1) is 19.8. The maximum atomic E-state index is 11.9. The van der Waals surface area contributed by atoms with E-state index in [9.17, 15) is 9.59 Å². The SMILES string of the molecule is CC(=O)N(CCNC(=O)COc1ccc(Cl)cc1)c1ccc(C)c(C)c1. The van der Waals surface area contributed by atoms with Crippen molar-refractivity contribution in [1.82, 2.24) is 5.32 Å². The second-order valence-electron chi connectivity index (χ2n) is 6.03. The highest BCUT2D eigenvalue weighted by Crippen LogP contribution is 2.19. The van der Waals surface area contributed by atoms with Gasteiger partial charge in [0, 0.05) is 30.7 Å². The number of carbonyl (C=O) groups is 2. The monoisotopic (exact) mass is 374 g/mol. The molecule has 0 unspecified atom stereocenters. The van der Waals surface area contributed by atoms with Crippen LogP contribution in [-0.4, -0.2) is 31.5 Å². The Kier molecular flexibility index (Phi) is 7.04. The van der Waals surface area contributed by atoms with E-state index >= 15 is 0 Å². The molecule has 26 heavy (non-hydrogen) atoms. The van der Waals surface area contributed by atoms with Gasteiger partial charge in [-0.3, -0.25) is 9.59 Å². The summed E-state index contributed by atoms with van der Waals surface area (Å²) >= 11 is 5.80.